The van der Waals surface area contributed by atoms with E-state index in [0.717, 1.165) is 22.5 Å². The number of nitrogens with one attached hydrogen (secondary N) is 1. The van der Waals surface area contributed by atoms with E-state index in [-0.39, 0.29) is 9.08 Å². The van der Waals surface area contributed by atoms with Crippen LogP contribution < -0.4 is 4.87 Å². The lowest BCUT2D eigenvalue weighted by molar-refractivity contribution is 0.423. The molecule has 0 bridgehead atoms. The van der Waals surface area contributed by atoms with Gasteiger partial charge in [-0.25, -0.2) is 8.42 Å². The monoisotopic (exact) mass is 326 g/mol. The van der Waals surface area contributed by atoms with Crippen molar-refractivity contribution in [1.29, 1.82) is 0 Å². The summed E-state index contributed by atoms with van der Waals surface area (Å²) in [4.78, 5) is 13.5. The summed E-state index contributed by atoms with van der Waals surface area (Å²) in [5, 5.41) is 0. The molecule has 7 heteroatoms. The Morgan fingerprint density at radius 2 is 1.90 bits per heavy atom. The van der Waals surface area contributed by atoms with E-state index in [2.05, 4.69) is 4.98 Å². The summed E-state index contributed by atoms with van der Waals surface area (Å²) in [5.74, 6) is 0. The molecule has 0 saturated heterocycles. The molecule has 114 valence electrons. The van der Waals surface area contributed by atoms with Crippen LogP contribution in [0.15, 0.2) is 33.3 Å². The molecule has 0 spiro atoms. The van der Waals surface area contributed by atoms with Crippen molar-refractivity contribution in [2.75, 3.05) is 6.54 Å². The number of aryl methyl sites for hydroxylation is 2. The third-order valence-electron chi connectivity index (χ3n) is 3.32. The largest absolute Gasteiger partial charge is 0.315 e. The molecule has 1 heterocycles. The van der Waals surface area contributed by atoms with Crippen molar-refractivity contribution in [3.63, 3.8) is 0 Å². The summed E-state index contributed by atoms with van der Waals surface area (Å²) in [5.41, 5.74) is 2.40. The maximum Gasteiger partial charge on any atom is 0.305 e. The van der Waals surface area contributed by atoms with Crippen LogP contribution in [-0.4, -0.2) is 24.3 Å². The van der Waals surface area contributed by atoms with Gasteiger partial charge in [-0.05, 0) is 25.0 Å². The van der Waals surface area contributed by atoms with Crippen LogP contribution in [0.5, 0.6) is 0 Å². The number of hydrogen-bond acceptors (Lipinski definition) is 4. The fourth-order valence-electron chi connectivity index (χ4n) is 2.10. The van der Waals surface area contributed by atoms with Gasteiger partial charge in [0.2, 0.25) is 0 Å². The van der Waals surface area contributed by atoms with Crippen molar-refractivity contribution in [3.8, 4) is 0 Å². The molecule has 0 atom stereocenters. The number of aromatic nitrogens is 1. The minimum Gasteiger partial charge on any atom is -0.315 e. The van der Waals surface area contributed by atoms with Gasteiger partial charge >= 0.3 is 4.87 Å². The number of nitrogens with zero attached hydrogens (tertiary/aromatic N) is 1. The first-order valence-electron chi connectivity index (χ1n) is 6.60. The normalized spacial score (nSPS) is 12.0. The van der Waals surface area contributed by atoms with Crippen LogP contribution in [0.2, 0.25) is 0 Å². The summed E-state index contributed by atoms with van der Waals surface area (Å²) in [6.07, 6.45) is 0. The third-order valence-corrected chi connectivity index (χ3v) is 6.82. The van der Waals surface area contributed by atoms with E-state index in [4.69, 9.17) is 0 Å². The number of benzene rings is 1. The van der Waals surface area contributed by atoms with Crippen LogP contribution in [-0.2, 0) is 16.6 Å². The van der Waals surface area contributed by atoms with E-state index in [1.165, 1.54) is 4.31 Å². The first-order valence-corrected chi connectivity index (χ1v) is 8.86. The Morgan fingerprint density at radius 3 is 2.43 bits per heavy atom. The second-order valence-electron chi connectivity index (χ2n) is 4.78. The molecule has 0 amide bonds. The fraction of sp³-hybridized carbons (Fsp3) is 0.357. The van der Waals surface area contributed by atoms with E-state index in [1.54, 1.807) is 13.8 Å². The number of thiazole rings is 1. The summed E-state index contributed by atoms with van der Waals surface area (Å²) in [6, 6.07) is 7.68. The minimum atomic E-state index is -3.66. The first kappa shape index (κ1) is 15.9. The Labute approximate surface area is 128 Å². The highest BCUT2D eigenvalue weighted by Gasteiger charge is 2.27. The van der Waals surface area contributed by atoms with Gasteiger partial charge in [-0.1, -0.05) is 42.5 Å². The smallest absolute Gasteiger partial charge is 0.305 e. The molecule has 1 aromatic heterocycles. The van der Waals surface area contributed by atoms with E-state index < -0.39 is 10.0 Å². The zero-order valence-electron chi connectivity index (χ0n) is 12.2. The molecular weight excluding hydrogens is 308 g/mol. The van der Waals surface area contributed by atoms with Crippen LogP contribution in [0.3, 0.4) is 0 Å². The number of hydrogen-bond donors (Lipinski definition) is 1. The summed E-state index contributed by atoms with van der Waals surface area (Å²) in [6.45, 7) is 6.00. The Kier molecular flexibility index (Phi) is 4.65. The Balaban J connectivity index is 2.39. The summed E-state index contributed by atoms with van der Waals surface area (Å²) in [7, 11) is -3.66. The van der Waals surface area contributed by atoms with Gasteiger partial charge in [-0.2, -0.15) is 4.31 Å². The predicted molar refractivity (Wildman–Crippen MR) is 84.1 cm³/mol. The maximum absolute atomic E-state index is 12.7. The van der Waals surface area contributed by atoms with Gasteiger partial charge < -0.3 is 4.98 Å². The lowest BCUT2D eigenvalue weighted by Gasteiger charge is -2.20. The fourth-order valence-corrected chi connectivity index (χ4v) is 4.96. The minimum absolute atomic E-state index is 0.0999. The first-order chi connectivity index (χ1) is 9.86. The van der Waals surface area contributed by atoms with E-state index in [0.29, 0.717) is 18.8 Å². The van der Waals surface area contributed by atoms with E-state index in [9.17, 15) is 13.2 Å². The molecule has 21 heavy (non-hydrogen) atoms. The molecule has 0 aliphatic rings. The molecule has 5 nitrogen and oxygen atoms in total. The predicted octanol–water partition coefficient (Wildman–Crippen LogP) is 2.26. The summed E-state index contributed by atoms with van der Waals surface area (Å²) < 4.78 is 26.9. The second-order valence-corrected chi connectivity index (χ2v) is 7.90. The highest BCUT2D eigenvalue weighted by atomic mass is 32.2. The van der Waals surface area contributed by atoms with Crippen molar-refractivity contribution in [1.82, 2.24) is 9.29 Å². The molecule has 0 saturated carbocycles. The van der Waals surface area contributed by atoms with Gasteiger partial charge in [0.25, 0.3) is 10.0 Å². The van der Waals surface area contributed by atoms with Crippen LogP contribution in [0.25, 0.3) is 0 Å². The highest BCUT2D eigenvalue weighted by Crippen LogP contribution is 2.23. The maximum atomic E-state index is 12.7. The topological polar surface area (TPSA) is 70.2 Å². The van der Waals surface area contributed by atoms with Crippen molar-refractivity contribution in [2.24, 2.45) is 0 Å². The van der Waals surface area contributed by atoms with Crippen LogP contribution in [0.4, 0.5) is 0 Å². The number of rotatable bonds is 5. The van der Waals surface area contributed by atoms with Gasteiger partial charge in [0.1, 0.15) is 0 Å². The van der Waals surface area contributed by atoms with Crippen molar-refractivity contribution >= 4 is 21.4 Å². The molecule has 0 aliphatic carbocycles. The SMILES string of the molecule is CCN(Cc1ccccc1C)S(=O)(=O)c1sc(=O)[nH]c1C. The molecule has 0 aliphatic heterocycles. The van der Waals surface area contributed by atoms with Crippen LogP contribution in [0, 0.1) is 13.8 Å². The average molecular weight is 326 g/mol. The molecule has 1 aromatic carbocycles. The Hall–Kier alpha value is -1.44. The van der Waals surface area contributed by atoms with E-state index in [1.807, 2.05) is 31.2 Å². The van der Waals surface area contributed by atoms with Crippen molar-refractivity contribution in [2.45, 2.75) is 31.5 Å². The average Bonchev–Trinajstić information content (AvgIpc) is 2.77. The molecule has 0 radical (unpaired) electrons. The summed E-state index contributed by atoms with van der Waals surface area (Å²) >= 11 is 0.739. The highest BCUT2D eigenvalue weighted by molar-refractivity contribution is 7.91. The van der Waals surface area contributed by atoms with E-state index >= 15 is 0 Å². The van der Waals surface area contributed by atoms with Crippen molar-refractivity contribution in [3.05, 3.63) is 50.8 Å². The molecule has 1 N–H and O–H groups in total. The quantitative estimate of drug-likeness (QED) is 0.916. The van der Waals surface area contributed by atoms with Gasteiger partial charge in [0.15, 0.2) is 4.21 Å². The zero-order chi connectivity index (χ0) is 15.6. The lowest BCUT2D eigenvalue weighted by Crippen LogP contribution is -2.30. The number of H-pyrrole nitrogens is 1. The molecule has 2 rings (SSSR count). The Bertz CT molecular complexity index is 791. The Morgan fingerprint density at radius 1 is 1.24 bits per heavy atom. The van der Waals surface area contributed by atoms with Crippen molar-refractivity contribution < 1.29 is 8.42 Å². The molecule has 0 fully saturated rings. The molecular formula is C14H18N2O3S2. The second kappa shape index (κ2) is 6.13. The van der Waals surface area contributed by atoms with Crippen LogP contribution in [0.1, 0.15) is 23.7 Å². The number of sulfonamides is 1. The van der Waals surface area contributed by atoms with Gasteiger partial charge in [-0.3, -0.25) is 4.79 Å². The van der Waals surface area contributed by atoms with Gasteiger partial charge in [0.05, 0.1) is 0 Å². The van der Waals surface area contributed by atoms with Gasteiger partial charge in [-0.15, -0.1) is 0 Å². The van der Waals surface area contributed by atoms with Crippen LogP contribution >= 0.6 is 11.3 Å². The molecule has 0 unspecified atom stereocenters. The third kappa shape index (κ3) is 3.25. The standard InChI is InChI=1S/C14H18N2O3S2/c1-4-16(9-12-8-6-5-7-10(12)2)21(18,19)13-11(3)15-14(17)20-13/h5-8H,4,9H2,1-3H3,(H,15,17). The number of aromatic amines is 1. The molecule has 2 aromatic rings. The zero-order valence-corrected chi connectivity index (χ0v) is 13.8. The lowest BCUT2D eigenvalue weighted by atomic mass is 10.1. The van der Waals surface area contributed by atoms with Gasteiger partial charge in [0, 0.05) is 18.8 Å².